The molecule has 3 nitrogen and oxygen atoms in total. The Morgan fingerprint density at radius 2 is 2.10 bits per heavy atom. The van der Waals surface area contributed by atoms with E-state index in [1.165, 1.54) is 6.07 Å². The van der Waals surface area contributed by atoms with E-state index in [9.17, 15) is 9.18 Å². The van der Waals surface area contributed by atoms with Gasteiger partial charge in [0, 0.05) is 23.7 Å². The lowest BCUT2D eigenvalue weighted by molar-refractivity contribution is 0.0972. The van der Waals surface area contributed by atoms with E-state index >= 15 is 0 Å². The second kappa shape index (κ2) is 5.41. The highest BCUT2D eigenvalue weighted by molar-refractivity contribution is 5.98. The summed E-state index contributed by atoms with van der Waals surface area (Å²) in [4.78, 5) is 15.6. The molecule has 0 fully saturated rings. The van der Waals surface area contributed by atoms with Gasteiger partial charge in [0.2, 0.25) is 0 Å². The first-order chi connectivity index (χ1) is 9.72. The van der Waals surface area contributed by atoms with Gasteiger partial charge in [-0.1, -0.05) is 6.07 Å². The summed E-state index contributed by atoms with van der Waals surface area (Å²) in [7, 11) is 0. The van der Waals surface area contributed by atoms with Gasteiger partial charge in [-0.25, -0.2) is 4.39 Å². The maximum Gasteiger partial charge on any atom is 0.163 e. The standard InChI is InChI=1S/C16H14FNO2/c17-13-6-11(8-18-9-13)10-20-14-5-4-12-2-1-3-16(19)15(12)7-14/h4-9H,1-3,10H2. The van der Waals surface area contributed by atoms with E-state index in [1.807, 2.05) is 12.1 Å². The van der Waals surface area contributed by atoms with Crippen molar-refractivity contribution >= 4 is 5.78 Å². The Balaban J connectivity index is 1.75. The molecule has 1 aromatic carbocycles. The van der Waals surface area contributed by atoms with E-state index in [0.717, 1.165) is 30.2 Å². The first kappa shape index (κ1) is 12.8. The maximum atomic E-state index is 13.0. The summed E-state index contributed by atoms with van der Waals surface area (Å²) >= 11 is 0. The van der Waals surface area contributed by atoms with Crippen molar-refractivity contribution in [2.75, 3.05) is 0 Å². The molecule has 2 aromatic rings. The van der Waals surface area contributed by atoms with E-state index in [2.05, 4.69) is 4.98 Å². The largest absolute Gasteiger partial charge is 0.489 e. The smallest absolute Gasteiger partial charge is 0.163 e. The van der Waals surface area contributed by atoms with Gasteiger partial charge < -0.3 is 4.74 Å². The lowest BCUT2D eigenvalue weighted by atomic mass is 9.90. The molecule has 1 aromatic heterocycles. The van der Waals surface area contributed by atoms with Crippen LogP contribution in [0.3, 0.4) is 0 Å². The van der Waals surface area contributed by atoms with E-state index in [1.54, 1.807) is 12.3 Å². The monoisotopic (exact) mass is 271 g/mol. The maximum absolute atomic E-state index is 13.0. The molecule has 1 aliphatic carbocycles. The number of hydrogen-bond donors (Lipinski definition) is 0. The number of ketones is 1. The molecule has 0 aliphatic heterocycles. The Hall–Kier alpha value is -2.23. The molecular formula is C16H14FNO2. The van der Waals surface area contributed by atoms with Crippen molar-refractivity contribution in [2.45, 2.75) is 25.9 Å². The Bertz CT molecular complexity index is 655. The number of halogens is 1. The van der Waals surface area contributed by atoms with Crippen LogP contribution in [-0.2, 0) is 13.0 Å². The number of rotatable bonds is 3. The SMILES string of the molecule is O=C1CCCc2ccc(OCc3cncc(F)c3)cc21. The third-order valence-electron chi connectivity index (χ3n) is 3.40. The third-order valence-corrected chi connectivity index (χ3v) is 3.40. The van der Waals surface area contributed by atoms with E-state index in [4.69, 9.17) is 4.74 Å². The van der Waals surface area contributed by atoms with Crippen LogP contribution in [0.15, 0.2) is 36.7 Å². The molecule has 0 saturated carbocycles. The van der Waals surface area contributed by atoms with E-state index in [-0.39, 0.29) is 18.2 Å². The summed E-state index contributed by atoms with van der Waals surface area (Å²) in [6, 6.07) is 6.95. The van der Waals surface area contributed by atoms with Gasteiger partial charge in [0.1, 0.15) is 18.2 Å². The number of Topliss-reactive ketones (excluding diaryl/α,β-unsaturated/α-hetero) is 1. The highest BCUT2D eigenvalue weighted by Gasteiger charge is 2.17. The fraction of sp³-hybridized carbons (Fsp3) is 0.250. The number of carbonyl (C=O) groups excluding carboxylic acids is 1. The number of aryl methyl sites for hydroxylation is 1. The van der Waals surface area contributed by atoms with Crippen LogP contribution < -0.4 is 4.74 Å². The fourth-order valence-electron chi connectivity index (χ4n) is 2.40. The Morgan fingerprint density at radius 3 is 2.95 bits per heavy atom. The van der Waals surface area contributed by atoms with Crippen LogP contribution in [-0.4, -0.2) is 10.8 Å². The van der Waals surface area contributed by atoms with Crippen LogP contribution in [0.2, 0.25) is 0 Å². The number of carbonyl (C=O) groups is 1. The minimum absolute atomic E-state index is 0.170. The average molecular weight is 271 g/mol. The van der Waals surface area contributed by atoms with Crippen LogP contribution in [0.1, 0.15) is 34.3 Å². The predicted octanol–water partition coefficient (Wildman–Crippen LogP) is 3.32. The van der Waals surface area contributed by atoms with E-state index < -0.39 is 0 Å². The Kier molecular flexibility index (Phi) is 3.46. The molecule has 20 heavy (non-hydrogen) atoms. The Morgan fingerprint density at radius 1 is 1.20 bits per heavy atom. The van der Waals surface area contributed by atoms with Gasteiger partial charge in [0.25, 0.3) is 0 Å². The zero-order chi connectivity index (χ0) is 13.9. The lowest BCUT2D eigenvalue weighted by Crippen LogP contribution is -2.10. The fourth-order valence-corrected chi connectivity index (χ4v) is 2.40. The first-order valence-corrected chi connectivity index (χ1v) is 6.61. The molecule has 0 atom stereocenters. The average Bonchev–Trinajstić information content (AvgIpc) is 2.46. The number of aromatic nitrogens is 1. The molecule has 0 spiro atoms. The van der Waals surface area contributed by atoms with Gasteiger partial charge in [-0.2, -0.15) is 0 Å². The highest BCUT2D eigenvalue weighted by Crippen LogP contribution is 2.25. The summed E-state index contributed by atoms with van der Waals surface area (Å²) in [5, 5.41) is 0. The number of hydrogen-bond acceptors (Lipinski definition) is 3. The molecule has 0 saturated heterocycles. The molecule has 1 heterocycles. The molecule has 0 N–H and O–H groups in total. The summed E-state index contributed by atoms with van der Waals surface area (Å²) in [5.74, 6) is 0.416. The zero-order valence-corrected chi connectivity index (χ0v) is 10.9. The molecule has 0 bridgehead atoms. The lowest BCUT2D eigenvalue weighted by Gasteiger charge is -2.15. The number of nitrogens with zero attached hydrogens (tertiary/aromatic N) is 1. The van der Waals surface area contributed by atoms with Crippen molar-refractivity contribution in [1.29, 1.82) is 0 Å². The van der Waals surface area contributed by atoms with Crippen LogP contribution in [0.4, 0.5) is 4.39 Å². The number of fused-ring (bicyclic) bond motifs is 1. The number of benzene rings is 1. The Labute approximate surface area is 116 Å². The zero-order valence-electron chi connectivity index (χ0n) is 10.9. The second-order valence-corrected chi connectivity index (χ2v) is 4.90. The van der Waals surface area contributed by atoms with Crippen molar-refractivity contribution in [1.82, 2.24) is 4.98 Å². The summed E-state index contributed by atoms with van der Waals surface area (Å²) in [6.07, 6.45) is 5.17. The van der Waals surface area contributed by atoms with Crippen molar-refractivity contribution in [3.63, 3.8) is 0 Å². The molecule has 3 rings (SSSR count). The summed E-state index contributed by atoms with van der Waals surface area (Å²) < 4.78 is 18.6. The summed E-state index contributed by atoms with van der Waals surface area (Å²) in [5.41, 5.74) is 2.50. The van der Waals surface area contributed by atoms with Crippen molar-refractivity contribution in [2.24, 2.45) is 0 Å². The topological polar surface area (TPSA) is 39.2 Å². The van der Waals surface area contributed by atoms with Crippen molar-refractivity contribution in [3.8, 4) is 5.75 Å². The van der Waals surface area contributed by atoms with Crippen molar-refractivity contribution < 1.29 is 13.9 Å². The van der Waals surface area contributed by atoms with Gasteiger partial charge in [-0.05, 0) is 36.6 Å². The quantitative estimate of drug-likeness (QED) is 0.859. The minimum Gasteiger partial charge on any atom is -0.489 e. The van der Waals surface area contributed by atoms with Gasteiger partial charge in [-0.15, -0.1) is 0 Å². The van der Waals surface area contributed by atoms with Crippen molar-refractivity contribution in [3.05, 3.63) is 59.2 Å². The third kappa shape index (κ3) is 2.69. The summed E-state index contributed by atoms with van der Waals surface area (Å²) in [6.45, 7) is 0.234. The van der Waals surface area contributed by atoms with Gasteiger partial charge in [-0.3, -0.25) is 9.78 Å². The molecule has 102 valence electrons. The van der Waals surface area contributed by atoms with Crippen LogP contribution >= 0.6 is 0 Å². The number of ether oxygens (including phenoxy) is 1. The highest BCUT2D eigenvalue weighted by atomic mass is 19.1. The van der Waals surface area contributed by atoms with Gasteiger partial charge in [0.15, 0.2) is 5.78 Å². The minimum atomic E-state index is -0.383. The van der Waals surface area contributed by atoms with Crippen LogP contribution in [0.25, 0.3) is 0 Å². The molecule has 0 amide bonds. The predicted molar refractivity (Wildman–Crippen MR) is 72.2 cm³/mol. The molecule has 4 heteroatoms. The van der Waals surface area contributed by atoms with Gasteiger partial charge >= 0.3 is 0 Å². The van der Waals surface area contributed by atoms with Crippen LogP contribution in [0, 0.1) is 5.82 Å². The molecule has 0 unspecified atom stereocenters. The number of pyridine rings is 1. The molecule has 1 aliphatic rings. The van der Waals surface area contributed by atoms with Crippen LogP contribution in [0.5, 0.6) is 5.75 Å². The second-order valence-electron chi connectivity index (χ2n) is 4.90. The van der Waals surface area contributed by atoms with Gasteiger partial charge in [0.05, 0.1) is 6.20 Å². The first-order valence-electron chi connectivity index (χ1n) is 6.61. The molecule has 0 radical (unpaired) electrons. The normalized spacial score (nSPS) is 13.9. The molecular weight excluding hydrogens is 257 g/mol. The van der Waals surface area contributed by atoms with E-state index in [0.29, 0.717) is 17.7 Å².